The highest BCUT2D eigenvalue weighted by atomic mass is 35.5. The molecule has 0 aliphatic heterocycles. The predicted molar refractivity (Wildman–Crippen MR) is 97.9 cm³/mol. The van der Waals surface area contributed by atoms with Gasteiger partial charge in [-0.25, -0.2) is 0 Å². The van der Waals surface area contributed by atoms with Crippen molar-refractivity contribution in [1.29, 1.82) is 0 Å². The van der Waals surface area contributed by atoms with E-state index >= 15 is 0 Å². The first-order valence-corrected chi connectivity index (χ1v) is 7.94. The zero-order valence-corrected chi connectivity index (χ0v) is 14.3. The summed E-state index contributed by atoms with van der Waals surface area (Å²) >= 11 is 5.93. The predicted octanol–water partition coefficient (Wildman–Crippen LogP) is 3.81. The molecule has 0 spiro atoms. The molecule has 24 heavy (non-hydrogen) atoms. The number of aryl methyl sites for hydroxylation is 1. The number of amides is 2. The fourth-order valence-electron chi connectivity index (χ4n) is 2.03. The van der Waals surface area contributed by atoms with Crippen molar-refractivity contribution in [3.63, 3.8) is 0 Å². The number of hydrogen-bond acceptors (Lipinski definition) is 2. The van der Waals surface area contributed by atoms with Gasteiger partial charge in [0.1, 0.15) is 6.04 Å². The third kappa shape index (κ3) is 5.25. The summed E-state index contributed by atoms with van der Waals surface area (Å²) in [5, 5.41) is 5.94. The van der Waals surface area contributed by atoms with E-state index in [1.165, 1.54) is 6.08 Å². The van der Waals surface area contributed by atoms with Gasteiger partial charge in [-0.1, -0.05) is 48.0 Å². The minimum absolute atomic E-state index is 0.304. The summed E-state index contributed by atoms with van der Waals surface area (Å²) in [4.78, 5) is 24.1. The minimum Gasteiger partial charge on any atom is -0.341 e. The van der Waals surface area contributed by atoms with E-state index in [1.807, 2.05) is 43.3 Å². The smallest absolute Gasteiger partial charge is 0.246 e. The zero-order valence-electron chi connectivity index (χ0n) is 13.5. The summed E-state index contributed by atoms with van der Waals surface area (Å²) in [7, 11) is 0. The highest BCUT2D eigenvalue weighted by Gasteiger charge is 2.15. The van der Waals surface area contributed by atoms with Gasteiger partial charge in [0.15, 0.2) is 0 Å². The van der Waals surface area contributed by atoms with Crippen LogP contribution >= 0.6 is 11.6 Å². The third-order valence-corrected chi connectivity index (χ3v) is 3.67. The Balaban J connectivity index is 1.92. The first-order chi connectivity index (χ1) is 11.5. The normalized spacial score (nSPS) is 12.0. The van der Waals surface area contributed by atoms with Crippen LogP contribution in [0.5, 0.6) is 0 Å². The van der Waals surface area contributed by atoms with E-state index in [4.69, 9.17) is 11.6 Å². The molecule has 0 bridgehead atoms. The van der Waals surface area contributed by atoms with Crippen molar-refractivity contribution in [2.45, 2.75) is 19.9 Å². The van der Waals surface area contributed by atoms with Gasteiger partial charge in [0.25, 0.3) is 0 Å². The van der Waals surface area contributed by atoms with E-state index in [9.17, 15) is 9.59 Å². The van der Waals surface area contributed by atoms with Crippen LogP contribution in [0.2, 0.25) is 5.02 Å². The molecule has 2 rings (SSSR count). The number of benzene rings is 2. The van der Waals surface area contributed by atoms with Crippen LogP contribution in [0.4, 0.5) is 5.69 Å². The Labute approximate surface area is 146 Å². The minimum atomic E-state index is -0.670. The molecule has 2 aromatic carbocycles. The van der Waals surface area contributed by atoms with Crippen molar-refractivity contribution in [2.24, 2.45) is 0 Å². The fraction of sp³-hybridized carbons (Fsp3) is 0.158. The molecule has 0 aromatic heterocycles. The maximum absolute atomic E-state index is 12.2. The molecule has 0 saturated carbocycles. The van der Waals surface area contributed by atoms with Gasteiger partial charge < -0.3 is 10.6 Å². The highest BCUT2D eigenvalue weighted by molar-refractivity contribution is 6.31. The largest absolute Gasteiger partial charge is 0.341 e. The van der Waals surface area contributed by atoms with Gasteiger partial charge in [-0.05, 0) is 43.2 Å². The van der Waals surface area contributed by atoms with Crippen LogP contribution in [0.3, 0.4) is 0 Å². The van der Waals surface area contributed by atoms with Gasteiger partial charge in [0, 0.05) is 16.8 Å². The first-order valence-electron chi connectivity index (χ1n) is 7.56. The second-order valence-electron chi connectivity index (χ2n) is 5.42. The quantitative estimate of drug-likeness (QED) is 0.812. The number of rotatable bonds is 5. The van der Waals surface area contributed by atoms with E-state index in [-0.39, 0.29) is 11.8 Å². The van der Waals surface area contributed by atoms with Gasteiger partial charge >= 0.3 is 0 Å². The van der Waals surface area contributed by atoms with Crippen molar-refractivity contribution < 1.29 is 9.59 Å². The molecule has 0 saturated heterocycles. The maximum atomic E-state index is 12.2. The summed E-state index contributed by atoms with van der Waals surface area (Å²) < 4.78 is 0. The Bertz CT molecular complexity index is 757. The average molecular weight is 343 g/mol. The second-order valence-corrected chi connectivity index (χ2v) is 5.86. The van der Waals surface area contributed by atoms with Crippen molar-refractivity contribution in [2.75, 3.05) is 5.32 Å². The molecule has 0 heterocycles. The van der Waals surface area contributed by atoms with Gasteiger partial charge in [-0.15, -0.1) is 0 Å². The molecule has 0 radical (unpaired) electrons. The topological polar surface area (TPSA) is 58.2 Å². The Morgan fingerprint density at radius 2 is 1.83 bits per heavy atom. The van der Waals surface area contributed by atoms with Crippen molar-refractivity contribution in [1.82, 2.24) is 5.32 Å². The SMILES string of the molecule is Cc1ccc(Cl)cc1NC(=O)C(C)NC(=O)/C=C/c1ccccc1. The molecule has 124 valence electrons. The maximum Gasteiger partial charge on any atom is 0.246 e. The Morgan fingerprint density at radius 1 is 1.12 bits per heavy atom. The number of hydrogen-bond donors (Lipinski definition) is 2. The van der Waals surface area contributed by atoms with Crippen LogP contribution in [0.15, 0.2) is 54.6 Å². The molecule has 0 fully saturated rings. The molecule has 2 amide bonds. The lowest BCUT2D eigenvalue weighted by atomic mass is 10.2. The van der Waals surface area contributed by atoms with E-state index in [1.54, 1.807) is 25.1 Å². The van der Waals surface area contributed by atoms with Gasteiger partial charge in [-0.3, -0.25) is 9.59 Å². The van der Waals surface area contributed by atoms with Gasteiger partial charge in [0.2, 0.25) is 11.8 Å². The average Bonchev–Trinajstić information content (AvgIpc) is 2.57. The summed E-state index contributed by atoms with van der Waals surface area (Å²) in [5.41, 5.74) is 2.45. The molecule has 5 heteroatoms. The molecule has 1 atom stereocenters. The third-order valence-electron chi connectivity index (χ3n) is 3.44. The van der Waals surface area contributed by atoms with Gasteiger partial charge in [0.05, 0.1) is 0 Å². The van der Waals surface area contributed by atoms with Crippen LogP contribution in [-0.4, -0.2) is 17.9 Å². The van der Waals surface area contributed by atoms with Crippen LogP contribution < -0.4 is 10.6 Å². The molecule has 2 N–H and O–H groups in total. The van der Waals surface area contributed by atoms with E-state index in [0.29, 0.717) is 10.7 Å². The summed E-state index contributed by atoms with van der Waals surface area (Å²) in [5.74, 6) is -0.633. The van der Waals surface area contributed by atoms with E-state index in [2.05, 4.69) is 10.6 Å². The standard InChI is InChI=1S/C19H19ClN2O2/c1-13-8-10-16(20)12-17(13)22-19(24)14(2)21-18(23)11-9-15-6-4-3-5-7-15/h3-12,14H,1-2H3,(H,21,23)(H,22,24)/b11-9+. The summed E-state index contributed by atoms with van der Waals surface area (Å²) in [6.45, 7) is 3.50. The van der Waals surface area contributed by atoms with Crippen LogP contribution in [0, 0.1) is 6.92 Å². The lowest BCUT2D eigenvalue weighted by molar-refractivity contribution is -0.123. The summed E-state index contributed by atoms with van der Waals surface area (Å²) in [6, 6.07) is 14.1. The lowest BCUT2D eigenvalue weighted by Crippen LogP contribution is -2.41. The zero-order chi connectivity index (χ0) is 17.5. The second kappa shape index (κ2) is 8.31. The molecular formula is C19H19ClN2O2. The van der Waals surface area contributed by atoms with Crippen LogP contribution in [0.1, 0.15) is 18.1 Å². The fourth-order valence-corrected chi connectivity index (χ4v) is 2.21. The Hall–Kier alpha value is -2.59. The van der Waals surface area contributed by atoms with Crippen molar-refractivity contribution in [3.05, 3.63) is 70.8 Å². The highest BCUT2D eigenvalue weighted by Crippen LogP contribution is 2.20. The molecule has 2 aromatic rings. The van der Waals surface area contributed by atoms with Crippen molar-refractivity contribution >= 4 is 35.2 Å². The number of halogens is 1. The molecule has 0 aliphatic carbocycles. The van der Waals surface area contributed by atoms with Crippen molar-refractivity contribution in [3.8, 4) is 0 Å². The first kappa shape index (κ1) is 17.8. The van der Waals surface area contributed by atoms with Crippen LogP contribution in [0.25, 0.3) is 6.08 Å². The molecule has 4 nitrogen and oxygen atoms in total. The Morgan fingerprint density at radius 3 is 2.54 bits per heavy atom. The number of nitrogens with one attached hydrogen (secondary N) is 2. The van der Waals surface area contributed by atoms with Crippen LogP contribution in [-0.2, 0) is 9.59 Å². The molecule has 0 aliphatic rings. The monoisotopic (exact) mass is 342 g/mol. The van der Waals surface area contributed by atoms with E-state index < -0.39 is 6.04 Å². The Kier molecular flexibility index (Phi) is 6.15. The number of carbonyl (C=O) groups excluding carboxylic acids is 2. The van der Waals surface area contributed by atoms with Gasteiger partial charge in [-0.2, -0.15) is 0 Å². The lowest BCUT2D eigenvalue weighted by Gasteiger charge is -2.14. The molecule has 1 unspecified atom stereocenters. The number of anilines is 1. The molecular weight excluding hydrogens is 324 g/mol. The number of carbonyl (C=O) groups is 2. The summed E-state index contributed by atoms with van der Waals surface area (Å²) in [6.07, 6.45) is 3.10. The van der Waals surface area contributed by atoms with E-state index in [0.717, 1.165) is 11.1 Å².